The molecule has 0 bridgehead atoms. The molecule has 0 aliphatic carbocycles. The summed E-state index contributed by atoms with van der Waals surface area (Å²) in [5, 5.41) is 4.13. The summed E-state index contributed by atoms with van der Waals surface area (Å²) in [6.45, 7) is 0. The lowest BCUT2D eigenvalue weighted by Gasteiger charge is -1.98. The maximum absolute atomic E-state index is 10.6. The van der Waals surface area contributed by atoms with Gasteiger partial charge in [-0.1, -0.05) is 0 Å². The lowest BCUT2D eigenvalue weighted by atomic mass is 10.6. The van der Waals surface area contributed by atoms with E-state index in [-0.39, 0.29) is 5.91 Å². The first-order chi connectivity index (χ1) is 4.24. The minimum Gasteiger partial charge on any atom is -0.317 e. The van der Waals surface area contributed by atoms with Gasteiger partial charge in [0, 0.05) is 0 Å². The van der Waals surface area contributed by atoms with E-state index in [1.807, 2.05) is 0 Å². The van der Waals surface area contributed by atoms with Crippen LogP contribution >= 0.6 is 11.8 Å². The van der Waals surface area contributed by atoms with Crippen molar-refractivity contribution in [3.63, 3.8) is 0 Å². The second-order valence-electron chi connectivity index (χ2n) is 1.58. The number of urea groups is 1. The molecule has 1 heterocycles. The molecule has 50 valence electrons. The highest BCUT2D eigenvalue weighted by molar-refractivity contribution is 7.99. The summed E-state index contributed by atoms with van der Waals surface area (Å²) in [7, 11) is 0. The van der Waals surface area contributed by atoms with Crippen LogP contribution in [0.2, 0.25) is 0 Å². The number of hydrogen-bond acceptors (Lipinski definition) is 3. The fraction of sp³-hybridized carbons (Fsp3) is 0.500. The van der Waals surface area contributed by atoms with Crippen molar-refractivity contribution in [1.29, 1.82) is 0 Å². The Balaban J connectivity index is 2.58. The third-order valence-electron chi connectivity index (χ3n) is 0.973. The number of hydrogen-bond donors (Lipinski definition) is 2. The number of carbonyl (C=O) groups excluding carboxylic acids is 2. The molecule has 0 aromatic carbocycles. The molecule has 0 aromatic rings. The van der Waals surface area contributed by atoms with Crippen molar-refractivity contribution in [2.45, 2.75) is 5.37 Å². The van der Waals surface area contributed by atoms with E-state index in [9.17, 15) is 9.59 Å². The molecule has 5 heteroatoms. The second kappa shape index (κ2) is 2.26. The molecule has 1 rings (SSSR count). The van der Waals surface area contributed by atoms with Crippen LogP contribution in [-0.2, 0) is 4.79 Å². The Labute approximate surface area is 56.4 Å². The topological polar surface area (TPSA) is 58.2 Å². The Hall–Kier alpha value is -0.710. The van der Waals surface area contributed by atoms with E-state index in [2.05, 4.69) is 10.6 Å². The van der Waals surface area contributed by atoms with Crippen LogP contribution in [0.3, 0.4) is 0 Å². The first kappa shape index (κ1) is 6.41. The first-order valence-electron chi connectivity index (χ1n) is 2.38. The zero-order valence-electron chi connectivity index (χ0n) is 4.80. The maximum atomic E-state index is 10.6. The van der Waals surface area contributed by atoms with Crippen LogP contribution in [0.25, 0.3) is 0 Å². The van der Waals surface area contributed by atoms with Gasteiger partial charge in [0.15, 0.2) is 5.37 Å². The van der Waals surface area contributed by atoms with Gasteiger partial charge in [-0.25, -0.2) is 4.79 Å². The predicted molar refractivity (Wildman–Crippen MR) is 34.0 cm³/mol. The van der Waals surface area contributed by atoms with Gasteiger partial charge in [-0.3, -0.25) is 10.1 Å². The predicted octanol–water partition coefficient (Wildman–Crippen LogP) is -0.485. The van der Waals surface area contributed by atoms with Crippen LogP contribution in [0.5, 0.6) is 0 Å². The molecule has 2 N–H and O–H groups in total. The Morgan fingerprint density at radius 2 is 2.22 bits per heavy atom. The molecule has 1 atom stereocenters. The van der Waals surface area contributed by atoms with Crippen molar-refractivity contribution in [3.8, 4) is 0 Å². The molecule has 0 spiro atoms. The summed E-state index contributed by atoms with van der Waals surface area (Å²) in [5.41, 5.74) is 0. The normalized spacial score (nSPS) is 25.7. The summed E-state index contributed by atoms with van der Waals surface area (Å²) in [4.78, 5) is 21.0. The van der Waals surface area contributed by atoms with Crippen molar-refractivity contribution < 1.29 is 9.59 Å². The fourth-order valence-corrected chi connectivity index (χ4v) is 1.06. The van der Waals surface area contributed by atoms with E-state index < -0.39 is 11.4 Å². The zero-order valence-corrected chi connectivity index (χ0v) is 5.62. The monoisotopic (exact) mass is 146 g/mol. The molecular weight excluding hydrogens is 140 g/mol. The minimum atomic E-state index is -0.403. The lowest BCUT2D eigenvalue weighted by Crippen LogP contribution is -2.24. The molecule has 1 saturated heterocycles. The molecule has 0 saturated carbocycles. The van der Waals surface area contributed by atoms with Crippen molar-refractivity contribution in [2.24, 2.45) is 0 Å². The van der Waals surface area contributed by atoms with E-state index in [1.54, 1.807) is 6.26 Å². The Morgan fingerprint density at radius 1 is 1.56 bits per heavy atom. The molecule has 9 heavy (non-hydrogen) atoms. The number of imide groups is 1. The SMILES string of the molecule is CS[C@H]1NC(=O)NC1=O. The zero-order chi connectivity index (χ0) is 6.85. The highest BCUT2D eigenvalue weighted by Gasteiger charge is 2.27. The van der Waals surface area contributed by atoms with Crippen LogP contribution in [0.1, 0.15) is 0 Å². The number of rotatable bonds is 1. The van der Waals surface area contributed by atoms with Gasteiger partial charge in [0.2, 0.25) is 0 Å². The van der Waals surface area contributed by atoms with Gasteiger partial charge in [0.1, 0.15) is 0 Å². The smallest absolute Gasteiger partial charge is 0.317 e. The van der Waals surface area contributed by atoms with Crippen molar-refractivity contribution in [3.05, 3.63) is 0 Å². The van der Waals surface area contributed by atoms with Gasteiger partial charge in [-0.2, -0.15) is 0 Å². The highest BCUT2D eigenvalue weighted by atomic mass is 32.2. The third kappa shape index (κ3) is 1.16. The van der Waals surface area contributed by atoms with Gasteiger partial charge < -0.3 is 5.32 Å². The van der Waals surface area contributed by atoms with Crippen LogP contribution in [0, 0.1) is 0 Å². The van der Waals surface area contributed by atoms with E-state index in [1.165, 1.54) is 11.8 Å². The average molecular weight is 146 g/mol. The van der Waals surface area contributed by atoms with E-state index in [0.717, 1.165) is 0 Å². The highest BCUT2D eigenvalue weighted by Crippen LogP contribution is 2.05. The Kier molecular flexibility index (Phi) is 1.61. The summed E-state index contributed by atoms with van der Waals surface area (Å²) >= 11 is 1.30. The van der Waals surface area contributed by atoms with Gasteiger partial charge in [-0.05, 0) is 6.26 Å². The molecule has 0 unspecified atom stereocenters. The summed E-state index contributed by atoms with van der Waals surface area (Å²) in [5.74, 6) is -0.257. The van der Waals surface area contributed by atoms with Crippen LogP contribution < -0.4 is 10.6 Å². The van der Waals surface area contributed by atoms with E-state index in [0.29, 0.717) is 0 Å². The molecule has 1 fully saturated rings. The van der Waals surface area contributed by atoms with E-state index >= 15 is 0 Å². The standard InChI is InChI=1S/C4H6N2O2S/c1-9-3-2(7)5-4(8)6-3/h3H,1H3,(H2,5,6,7,8)/t3-/m1/s1. The molecule has 3 amide bonds. The largest absolute Gasteiger partial charge is 0.322 e. The molecule has 0 radical (unpaired) electrons. The summed E-state index contributed by atoms with van der Waals surface area (Å²) in [6.07, 6.45) is 1.76. The third-order valence-corrected chi connectivity index (χ3v) is 1.78. The summed E-state index contributed by atoms with van der Waals surface area (Å²) < 4.78 is 0. The molecule has 1 aliphatic heterocycles. The van der Waals surface area contributed by atoms with Crippen molar-refractivity contribution >= 4 is 23.7 Å². The van der Waals surface area contributed by atoms with Crippen LogP contribution in [0.15, 0.2) is 0 Å². The molecular formula is C4H6N2O2S. The second-order valence-corrected chi connectivity index (χ2v) is 2.52. The average Bonchev–Trinajstić information content (AvgIpc) is 2.10. The Morgan fingerprint density at radius 3 is 2.44 bits per heavy atom. The number of nitrogens with one attached hydrogen (secondary N) is 2. The fourth-order valence-electron chi connectivity index (χ4n) is 0.564. The summed E-state index contributed by atoms with van der Waals surface area (Å²) in [6, 6.07) is -0.403. The number of carbonyl (C=O) groups is 2. The van der Waals surface area contributed by atoms with Crippen molar-refractivity contribution in [2.75, 3.05) is 6.26 Å². The van der Waals surface area contributed by atoms with E-state index in [4.69, 9.17) is 0 Å². The molecule has 4 nitrogen and oxygen atoms in total. The van der Waals surface area contributed by atoms with Gasteiger partial charge in [0.25, 0.3) is 5.91 Å². The quantitative estimate of drug-likeness (QED) is 0.491. The lowest BCUT2D eigenvalue weighted by molar-refractivity contribution is -0.118. The van der Waals surface area contributed by atoms with Gasteiger partial charge in [-0.15, -0.1) is 11.8 Å². The molecule has 1 aliphatic rings. The maximum Gasteiger partial charge on any atom is 0.322 e. The number of amides is 3. The van der Waals surface area contributed by atoms with Gasteiger partial charge in [0.05, 0.1) is 0 Å². The molecule has 0 aromatic heterocycles. The van der Waals surface area contributed by atoms with Crippen molar-refractivity contribution in [1.82, 2.24) is 10.6 Å². The van der Waals surface area contributed by atoms with Gasteiger partial charge >= 0.3 is 6.03 Å². The van der Waals surface area contributed by atoms with Crippen LogP contribution in [0.4, 0.5) is 4.79 Å². The Bertz CT molecular complexity index is 159. The minimum absolute atomic E-state index is 0.257. The first-order valence-corrected chi connectivity index (χ1v) is 3.67. The van der Waals surface area contributed by atoms with Crippen LogP contribution in [-0.4, -0.2) is 23.6 Å². The number of thioether (sulfide) groups is 1.